The van der Waals surface area contributed by atoms with Crippen LogP contribution in [0.25, 0.3) is 0 Å². The van der Waals surface area contributed by atoms with Gasteiger partial charge in [-0.1, -0.05) is 49.8 Å². The zero-order valence-corrected chi connectivity index (χ0v) is 12.7. The monoisotopic (exact) mass is 290 g/mol. The van der Waals surface area contributed by atoms with Crippen molar-refractivity contribution in [3.8, 4) is 0 Å². The summed E-state index contributed by atoms with van der Waals surface area (Å²) >= 11 is 5.04. The molecule has 3 N–H and O–H groups in total. The van der Waals surface area contributed by atoms with E-state index in [-0.39, 0.29) is 17.9 Å². The second-order valence-electron chi connectivity index (χ2n) is 5.40. The number of amides is 1. The minimum atomic E-state index is -0.184. The van der Waals surface area contributed by atoms with Gasteiger partial charge in [-0.25, -0.2) is 0 Å². The molecule has 4 heteroatoms. The van der Waals surface area contributed by atoms with Crippen LogP contribution in [0, 0.1) is 0 Å². The van der Waals surface area contributed by atoms with Crippen LogP contribution in [0.2, 0.25) is 0 Å². The summed E-state index contributed by atoms with van der Waals surface area (Å²) in [5, 5.41) is 3.02. The van der Waals surface area contributed by atoms with Crippen LogP contribution >= 0.6 is 12.2 Å². The maximum atomic E-state index is 12.5. The minimum Gasteiger partial charge on any atom is -0.392 e. The first-order chi connectivity index (χ1) is 9.63. The van der Waals surface area contributed by atoms with Gasteiger partial charge in [-0.15, -0.1) is 0 Å². The average Bonchev–Trinajstić information content (AvgIpc) is 2.46. The molecule has 2 rings (SSSR count). The van der Waals surface area contributed by atoms with Gasteiger partial charge >= 0.3 is 0 Å². The SMILES string of the molecule is CCCC(NC(=O)C1CCCc2ccccc21)C(N)=S. The molecule has 0 saturated heterocycles. The third-order valence-corrected chi connectivity index (χ3v) is 4.21. The first-order valence-electron chi connectivity index (χ1n) is 7.31. The number of carbonyl (C=O) groups excluding carboxylic acids is 1. The molecular weight excluding hydrogens is 268 g/mol. The maximum absolute atomic E-state index is 12.5. The summed E-state index contributed by atoms with van der Waals surface area (Å²) in [5.41, 5.74) is 8.17. The van der Waals surface area contributed by atoms with Crippen molar-refractivity contribution >= 4 is 23.1 Å². The molecule has 1 aliphatic carbocycles. The molecule has 0 bridgehead atoms. The Morgan fingerprint density at radius 2 is 2.25 bits per heavy atom. The first-order valence-corrected chi connectivity index (χ1v) is 7.71. The van der Waals surface area contributed by atoms with Gasteiger partial charge in [0.15, 0.2) is 0 Å². The summed E-state index contributed by atoms with van der Waals surface area (Å²) < 4.78 is 0. The molecule has 2 unspecified atom stereocenters. The summed E-state index contributed by atoms with van der Waals surface area (Å²) in [4.78, 5) is 12.9. The van der Waals surface area contributed by atoms with E-state index in [2.05, 4.69) is 24.4 Å². The van der Waals surface area contributed by atoms with E-state index in [0.29, 0.717) is 4.99 Å². The van der Waals surface area contributed by atoms with E-state index in [1.54, 1.807) is 0 Å². The summed E-state index contributed by atoms with van der Waals surface area (Å²) in [6.45, 7) is 2.06. The van der Waals surface area contributed by atoms with Gasteiger partial charge in [0.1, 0.15) is 0 Å². The molecule has 20 heavy (non-hydrogen) atoms. The number of nitrogens with two attached hydrogens (primary N) is 1. The molecule has 0 aromatic heterocycles. The fourth-order valence-electron chi connectivity index (χ4n) is 2.87. The Morgan fingerprint density at radius 1 is 1.50 bits per heavy atom. The first kappa shape index (κ1) is 15.0. The van der Waals surface area contributed by atoms with Gasteiger partial charge < -0.3 is 11.1 Å². The van der Waals surface area contributed by atoms with E-state index in [1.165, 1.54) is 5.56 Å². The minimum absolute atomic E-state index is 0.0587. The summed E-state index contributed by atoms with van der Waals surface area (Å²) in [5.74, 6) is -0.00273. The average molecular weight is 290 g/mol. The van der Waals surface area contributed by atoms with Gasteiger partial charge in [-0.05, 0) is 36.8 Å². The summed E-state index contributed by atoms with van der Waals surface area (Å²) in [6, 6.07) is 8.03. The van der Waals surface area contributed by atoms with Crippen molar-refractivity contribution in [3.63, 3.8) is 0 Å². The Bertz CT molecular complexity index is 501. The zero-order chi connectivity index (χ0) is 14.5. The molecule has 108 valence electrons. The van der Waals surface area contributed by atoms with Crippen LogP contribution in [0.3, 0.4) is 0 Å². The third-order valence-electron chi connectivity index (χ3n) is 3.92. The van der Waals surface area contributed by atoms with Crippen molar-refractivity contribution in [2.24, 2.45) is 5.73 Å². The Morgan fingerprint density at radius 3 is 2.95 bits per heavy atom. The number of thiocarbonyl (C=S) groups is 1. The number of nitrogens with one attached hydrogen (secondary N) is 1. The molecule has 2 atom stereocenters. The summed E-state index contributed by atoms with van der Waals surface area (Å²) in [7, 11) is 0. The lowest BCUT2D eigenvalue weighted by Crippen LogP contribution is -2.45. The van der Waals surface area contributed by atoms with Crippen LogP contribution in [-0.2, 0) is 11.2 Å². The predicted octanol–water partition coefficient (Wildman–Crippen LogP) is 2.68. The van der Waals surface area contributed by atoms with Crippen molar-refractivity contribution in [1.82, 2.24) is 5.32 Å². The lowest BCUT2D eigenvalue weighted by Gasteiger charge is -2.26. The Hall–Kier alpha value is -1.42. The molecule has 0 saturated carbocycles. The van der Waals surface area contributed by atoms with Gasteiger partial charge in [0, 0.05) is 0 Å². The van der Waals surface area contributed by atoms with E-state index in [4.69, 9.17) is 18.0 Å². The molecule has 0 radical (unpaired) electrons. The highest BCUT2D eigenvalue weighted by Gasteiger charge is 2.27. The smallest absolute Gasteiger partial charge is 0.228 e. The van der Waals surface area contributed by atoms with Gasteiger partial charge in [-0.2, -0.15) is 0 Å². The van der Waals surface area contributed by atoms with E-state index in [1.807, 2.05) is 12.1 Å². The van der Waals surface area contributed by atoms with Gasteiger partial charge in [0.2, 0.25) is 5.91 Å². The van der Waals surface area contributed by atoms with Crippen molar-refractivity contribution in [2.75, 3.05) is 0 Å². The highest BCUT2D eigenvalue weighted by Crippen LogP contribution is 2.31. The normalized spacial score (nSPS) is 18.9. The molecular formula is C16H22N2OS. The molecule has 1 aromatic rings. The van der Waals surface area contributed by atoms with Crippen LogP contribution in [0.1, 0.15) is 49.7 Å². The number of carbonyl (C=O) groups is 1. The van der Waals surface area contributed by atoms with E-state index in [0.717, 1.165) is 37.7 Å². The highest BCUT2D eigenvalue weighted by molar-refractivity contribution is 7.80. The molecule has 0 fully saturated rings. The van der Waals surface area contributed by atoms with Crippen molar-refractivity contribution in [1.29, 1.82) is 0 Å². The fraction of sp³-hybridized carbons (Fsp3) is 0.500. The van der Waals surface area contributed by atoms with Crippen LogP contribution in [-0.4, -0.2) is 16.9 Å². The molecule has 1 aliphatic rings. The number of benzene rings is 1. The molecule has 1 aromatic carbocycles. The van der Waals surface area contributed by atoms with Crippen LogP contribution in [0.15, 0.2) is 24.3 Å². The predicted molar refractivity (Wildman–Crippen MR) is 85.7 cm³/mol. The number of fused-ring (bicyclic) bond motifs is 1. The zero-order valence-electron chi connectivity index (χ0n) is 11.9. The molecule has 0 aliphatic heterocycles. The van der Waals surface area contributed by atoms with Crippen molar-refractivity contribution in [3.05, 3.63) is 35.4 Å². The van der Waals surface area contributed by atoms with Crippen LogP contribution in [0.5, 0.6) is 0 Å². The highest BCUT2D eigenvalue weighted by atomic mass is 32.1. The topological polar surface area (TPSA) is 55.1 Å². The quantitative estimate of drug-likeness (QED) is 0.820. The van der Waals surface area contributed by atoms with Gasteiger partial charge in [0.25, 0.3) is 0 Å². The number of hydrogen-bond acceptors (Lipinski definition) is 2. The van der Waals surface area contributed by atoms with Crippen molar-refractivity contribution < 1.29 is 4.79 Å². The second kappa shape index (κ2) is 6.84. The molecule has 1 amide bonds. The van der Waals surface area contributed by atoms with Crippen LogP contribution in [0.4, 0.5) is 0 Å². The number of hydrogen-bond donors (Lipinski definition) is 2. The van der Waals surface area contributed by atoms with Gasteiger partial charge in [0.05, 0.1) is 16.9 Å². The lowest BCUT2D eigenvalue weighted by atomic mass is 9.82. The Labute approximate surface area is 125 Å². The maximum Gasteiger partial charge on any atom is 0.228 e. The third kappa shape index (κ3) is 3.37. The van der Waals surface area contributed by atoms with E-state index >= 15 is 0 Å². The Balaban J connectivity index is 2.12. The van der Waals surface area contributed by atoms with Gasteiger partial charge in [-0.3, -0.25) is 4.79 Å². The van der Waals surface area contributed by atoms with E-state index in [9.17, 15) is 4.79 Å². The largest absolute Gasteiger partial charge is 0.392 e. The Kier molecular flexibility index (Phi) is 5.12. The second-order valence-corrected chi connectivity index (χ2v) is 5.87. The standard InChI is InChI=1S/C16H22N2OS/c1-2-6-14(15(17)20)18-16(19)13-10-5-8-11-7-3-4-9-12(11)13/h3-4,7,9,13-14H,2,5-6,8,10H2,1H3,(H2,17,20)(H,18,19). The summed E-state index contributed by atoms with van der Waals surface area (Å²) in [6.07, 6.45) is 4.77. The molecule has 3 nitrogen and oxygen atoms in total. The fourth-order valence-corrected chi connectivity index (χ4v) is 3.05. The lowest BCUT2D eigenvalue weighted by molar-refractivity contribution is -0.123. The van der Waals surface area contributed by atoms with Crippen molar-refractivity contribution in [2.45, 2.75) is 51.0 Å². The van der Waals surface area contributed by atoms with Crippen LogP contribution < -0.4 is 11.1 Å². The van der Waals surface area contributed by atoms with E-state index < -0.39 is 0 Å². The molecule has 0 spiro atoms. The number of aryl methyl sites for hydroxylation is 1. The molecule has 0 heterocycles. The number of rotatable bonds is 5.